The summed E-state index contributed by atoms with van der Waals surface area (Å²) in [5.41, 5.74) is 0. The molecule has 9 nitrogen and oxygen atoms in total. The van der Waals surface area contributed by atoms with Gasteiger partial charge in [0, 0.05) is 44.8 Å². The molecule has 0 aromatic carbocycles. The van der Waals surface area contributed by atoms with Gasteiger partial charge in [-0.15, -0.1) is 0 Å². The summed E-state index contributed by atoms with van der Waals surface area (Å²) >= 11 is 0. The molecule has 202 valence electrons. The van der Waals surface area contributed by atoms with E-state index in [2.05, 4.69) is 10.6 Å². The van der Waals surface area contributed by atoms with Gasteiger partial charge in [-0.3, -0.25) is 19.2 Å². The number of nitrogens with one attached hydrogen (secondary N) is 2. The monoisotopic (exact) mass is 498 g/mol. The van der Waals surface area contributed by atoms with E-state index < -0.39 is 23.9 Å². The van der Waals surface area contributed by atoms with E-state index in [1.165, 1.54) is 6.92 Å². The Morgan fingerprint density at radius 2 is 1.20 bits per heavy atom. The predicted molar refractivity (Wildman–Crippen MR) is 134 cm³/mol. The lowest BCUT2D eigenvalue weighted by molar-refractivity contribution is -0.135. The van der Waals surface area contributed by atoms with Gasteiger partial charge in [0.15, 0.2) is 11.6 Å². The summed E-state index contributed by atoms with van der Waals surface area (Å²) in [6, 6.07) is -1.32. The van der Waals surface area contributed by atoms with Crippen LogP contribution >= 0.6 is 0 Å². The normalized spacial score (nSPS) is 14.5. The van der Waals surface area contributed by atoms with E-state index in [1.54, 1.807) is 14.0 Å². The molecule has 35 heavy (non-hydrogen) atoms. The lowest BCUT2D eigenvalue weighted by Gasteiger charge is -2.23. The van der Waals surface area contributed by atoms with Gasteiger partial charge in [-0.2, -0.15) is 0 Å². The van der Waals surface area contributed by atoms with Gasteiger partial charge in [0.1, 0.15) is 5.78 Å². The minimum atomic E-state index is -0.716. The molecule has 0 aromatic rings. The molecule has 0 saturated heterocycles. The van der Waals surface area contributed by atoms with Crippen molar-refractivity contribution in [2.45, 2.75) is 98.1 Å². The molecule has 0 aliphatic rings. The molecule has 2 amide bonds. The Morgan fingerprint density at radius 3 is 1.66 bits per heavy atom. The van der Waals surface area contributed by atoms with Crippen molar-refractivity contribution in [1.29, 1.82) is 0 Å². The highest BCUT2D eigenvalue weighted by atomic mass is 16.5. The third-order valence-electron chi connectivity index (χ3n) is 6.08. The van der Waals surface area contributed by atoms with E-state index in [4.69, 9.17) is 9.47 Å². The van der Waals surface area contributed by atoms with Crippen LogP contribution in [0.5, 0.6) is 0 Å². The minimum absolute atomic E-state index is 0.0252. The number of hydrogen-bond donors (Lipinski definition) is 2. The summed E-state index contributed by atoms with van der Waals surface area (Å²) in [5, 5.41) is 5.56. The third-order valence-corrected chi connectivity index (χ3v) is 6.08. The summed E-state index contributed by atoms with van der Waals surface area (Å²) in [4.78, 5) is 62.3. The quantitative estimate of drug-likeness (QED) is 0.233. The van der Waals surface area contributed by atoms with Crippen molar-refractivity contribution in [3.05, 3.63) is 0 Å². The maximum Gasteiger partial charge on any atom is 0.224 e. The second kappa shape index (κ2) is 19.1. The van der Waals surface area contributed by atoms with Crippen LogP contribution in [0.25, 0.3) is 0 Å². The third kappa shape index (κ3) is 13.5. The maximum absolute atomic E-state index is 12.9. The number of Topliss-reactive ketones (excluding diaryl/α,β-unsaturated/α-hetero) is 3. The minimum Gasteiger partial charge on any atom is -0.382 e. The molecule has 4 atom stereocenters. The van der Waals surface area contributed by atoms with Crippen LogP contribution < -0.4 is 10.6 Å². The van der Waals surface area contributed by atoms with E-state index in [-0.39, 0.29) is 42.0 Å². The van der Waals surface area contributed by atoms with E-state index in [0.29, 0.717) is 58.3 Å². The van der Waals surface area contributed by atoms with E-state index in [0.717, 1.165) is 0 Å². The lowest BCUT2D eigenvalue weighted by Crippen LogP contribution is -2.46. The first-order valence-electron chi connectivity index (χ1n) is 12.9. The number of carbonyl (C=O) groups is 5. The standard InChI is InChI=1S/C26H46N2O7/c1-7-19(16-18(5)29)25(32)28-22(10-4)24(31)17-20(8-2)26(33)27-21(9-3)23(30)12-11-13-35-15-14-34-6/h19-22H,7-17H2,1-6H3,(H,27,33)(H,28,32)/t19-,20-,21+,22-/m1/s1. The van der Waals surface area contributed by atoms with Gasteiger partial charge >= 0.3 is 0 Å². The molecule has 0 radical (unpaired) electrons. The molecule has 0 fully saturated rings. The fourth-order valence-corrected chi connectivity index (χ4v) is 3.74. The summed E-state index contributed by atoms with van der Waals surface area (Å²) < 4.78 is 10.3. The number of rotatable bonds is 21. The first kappa shape index (κ1) is 32.9. The van der Waals surface area contributed by atoms with Crippen LogP contribution in [0.3, 0.4) is 0 Å². The van der Waals surface area contributed by atoms with E-state index >= 15 is 0 Å². The van der Waals surface area contributed by atoms with Crippen LogP contribution in [0.15, 0.2) is 0 Å². The molecule has 0 aliphatic carbocycles. The predicted octanol–water partition coefficient (Wildman–Crippen LogP) is 2.78. The van der Waals surface area contributed by atoms with Crippen molar-refractivity contribution < 1.29 is 33.4 Å². The second-order valence-corrected chi connectivity index (χ2v) is 8.90. The number of ketones is 3. The van der Waals surface area contributed by atoms with Crippen LogP contribution in [0.1, 0.15) is 86.0 Å². The summed E-state index contributed by atoms with van der Waals surface area (Å²) in [5.74, 6) is -2.08. The molecule has 0 rings (SSSR count). The van der Waals surface area contributed by atoms with Gasteiger partial charge in [-0.05, 0) is 39.0 Å². The van der Waals surface area contributed by atoms with Crippen LogP contribution in [-0.2, 0) is 33.4 Å². The van der Waals surface area contributed by atoms with Gasteiger partial charge in [0.2, 0.25) is 11.8 Å². The van der Waals surface area contributed by atoms with E-state index in [9.17, 15) is 24.0 Å². The smallest absolute Gasteiger partial charge is 0.224 e. The zero-order valence-electron chi connectivity index (χ0n) is 22.4. The van der Waals surface area contributed by atoms with Crippen LogP contribution in [-0.4, -0.2) is 68.2 Å². The first-order valence-corrected chi connectivity index (χ1v) is 12.9. The van der Waals surface area contributed by atoms with Gasteiger partial charge in [-0.25, -0.2) is 0 Å². The molecule has 0 saturated carbocycles. The van der Waals surface area contributed by atoms with Gasteiger partial charge < -0.3 is 24.9 Å². The zero-order chi connectivity index (χ0) is 26.8. The Hall–Kier alpha value is -2.13. The highest BCUT2D eigenvalue weighted by Crippen LogP contribution is 2.15. The van der Waals surface area contributed by atoms with Gasteiger partial charge in [0.05, 0.1) is 25.3 Å². The Balaban J connectivity index is 4.88. The zero-order valence-corrected chi connectivity index (χ0v) is 22.4. The number of amides is 2. The number of methoxy groups -OCH3 is 1. The van der Waals surface area contributed by atoms with Crippen molar-refractivity contribution in [2.75, 3.05) is 26.9 Å². The molecular formula is C26H46N2O7. The number of ether oxygens (including phenoxy) is 2. The van der Waals surface area contributed by atoms with Crippen LogP contribution in [0.4, 0.5) is 0 Å². The van der Waals surface area contributed by atoms with Crippen LogP contribution in [0, 0.1) is 11.8 Å². The SMILES string of the molecule is CC[C@H](CC(=O)[C@@H](CC)NC(=O)[C@H](CC)CC(C)=O)C(=O)N[C@@H](CC)C(=O)CCCOCCOC. The summed E-state index contributed by atoms with van der Waals surface area (Å²) in [6.07, 6.45) is 2.75. The van der Waals surface area contributed by atoms with Crippen LogP contribution in [0.2, 0.25) is 0 Å². The van der Waals surface area contributed by atoms with Crippen molar-refractivity contribution in [2.24, 2.45) is 11.8 Å². The Kier molecular flexibility index (Phi) is 17.9. The molecule has 9 heteroatoms. The summed E-state index contributed by atoms with van der Waals surface area (Å²) in [7, 11) is 1.59. The van der Waals surface area contributed by atoms with Crippen molar-refractivity contribution in [3.63, 3.8) is 0 Å². The maximum atomic E-state index is 12.9. The second-order valence-electron chi connectivity index (χ2n) is 8.90. The van der Waals surface area contributed by atoms with Crippen molar-refractivity contribution >= 4 is 29.2 Å². The molecule has 2 N–H and O–H groups in total. The molecule has 0 unspecified atom stereocenters. The topological polar surface area (TPSA) is 128 Å². The van der Waals surface area contributed by atoms with Crippen molar-refractivity contribution in [3.8, 4) is 0 Å². The lowest BCUT2D eigenvalue weighted by atomic mass is 9.92. The van der Waals surface area contributed by atoms with Gasteiger partial charge in [-0.1, -0.05) is 27.7 Å². The average molecular weight is 499 g/mol. The molecule has 0 spiro atoms. The number of hydrogen-bond acceptors (Lipinski definition) is 7. The first-order chi connectivity index (χ1) is 16.6. The highest BCUT2D eigenvalue weighted by Gasteiger charge is 2.29. The molecule has 0 heterocycles. The fraction of sp³-hybridized carbons (Fsp3) is 0.808. The highest BCUT2D eigenvalue weighted by molar-refractivity contribution is 5.95. The Bertz CT molecular complexity index is 681. The van der Waals surface area contributed by atoms with Gasteiger partial charge in [0.25, 0.3) is 0 Å². The Labute approximate surface area is 210 Å². The Morgan fingerprint density at radius 1 is 0.686 bits per heavy atom. The molecule has 0 aliphatic heterocycles. The van der Waals surface area contributed by atoms with Crippen molar-refractivity contribution in [1.82, 2.24) is 10.6 Å². The summed E-state index contributed by atoms with van der Waals surface area (Å²) in [6.45, 7) is 10.1. The molecular weight excluding hydrogens is 452 g/mol. The largest absolute Gasteiger partial charge is 0.382 e. The molecule has 0 bridgehead atoms. The van der Waals surface area contributed by atoms with E-state index in [1.807, 2.05) is 20.8 Å². The average Bonchev–Trinajstić information content (AvgIpc) is 2.83. The fourth-order valence-electron chi connectivity index (χ4n) is 3.74. The number of carbonyl (C=O) groups excluding carboxylic acids is 5. The molecule has 0 aromatic heterocycles.